The normalized spacial score (nSPS) is 10.2. The Morgan fingerprint density at radius 1 is 0.536 bits per heavy atom. The molecule has 0 saturated carbocycles. The molecule has 0 radical (unpaired) electrons. The van der Waals surface area contributed by atoms with Crippen molar-refractivity contribution in [2.24, 2.45) is 0 Å². The van der Waals surface area contributed by atoms with Gasteiger partial charge in [0.15, 0.2) is 0 Å². The molecule has 0 fully saturated rings. The molecule has 0 aromatic carbocycles. The summed E-state index contributed by atoms with van der Waals surface area (Å²) in [6.07, 6.45) is 27.8. The van der Waals surface area contributed by atoms with E-state index in [9.17, 15) is 4.79 Å². The van der Waals surface area contributed by atoms with Crippen LogP contribution in [0.3, 0.4) is 0 Å². The summed E-state index contributed by atoms with van der Waals surface area (Å²) in [6.45, 7) is 2.29. The van der Waals surface area contributed by atoms with Gasteiger partial charge in [-0.1, -0.05) is 129 Å². The zero-order chi connectivity index (χ0) is 21.1. The maximum absolute atomic E-state index is 10.4. The minimum Gasteiger partial charge on any atom is -0.481 e. The third-order valence-corrected chi connectivity index (χ3v) is 5.24. The highest BCUT2D eigenvalue weighted by atomic mass is 16.4. The minimum absolute atomic E-state index is 0.250. The lowest BCUT2D eigenvalue weighted by molar-refractivity contribution is -0.191. The first kappa shape index (κ1) is 29.1. The van der Waals surface area contributed by atoms with Gasteiger partial charge in [0, 0.05) is 6.42 Å². The summed E-state index contributed by atoms with van der Waals surface area (Å²) >= 11 is 0. The molecule has 0 heterocycles. The number of hydrogen-bond acceptors (Lipinski definition) is 3. The van der Waals surface area contributed by atoms with Gasteiger partial charge in [-0.2, -0.15) is 9.59 Å². The van der Waals surface area contributed by atoms with Crippen molar-refractivity contribution in [3.05, 3.63) is 0 Å². The van der Waals surface area contributed by atoms with Crippen LogP contribution in [0, 0.1) is 0 Å². The molecule has 4 nitrogen and oxygen atoms in total. The van der Waals surface area contributed by atoms with Crippen LogP contribution in [0.4, 0.5) is 0 Å². The first-order valence-corrected chi connectivity index (χ1v) is 11.9. The predicted octanol–water partition coefficient (Wildman–Crippen LogP) is 7.70. The van der Waals surface area contributed by atoms with E-state index in [1.807, 2.05) is 0 Å². The molecule has 0 rings (SSSR count). The van der Waals surface area contributed by atoms with Crippen molar-refractivity contribution in [1.82, 2.24) is 0 Å². The van der Waals surface area contributed by atoms with Crippen LogP contribution >= 0.6 is 0 Å². The Hall–Kier alpha value is -1.15. The van der Waals surface area contributed by atoms with E-state index in [1.54, 1.807) is 0 Å². The zero-order valence-corrected chi connectivity index (χ0v) is 18.5. The average Bonchev–Trinajstić information content (AvgIpc) is 2.67. The van der Waals surface area contributed by atoms with E-state index in [2.05, 4.69) is 6.92 Å². The summed E-state index contributed by atoms with van der Waals surface area (Å²) < 4.78 is 0. The maximum Gasteiger partial charge on any atom is 0.373 e. The topological polar surface area (TPSA) is 71.4 Å². The molecule has 0 unspecified atom stereocenters. The molecule has 28 heavy (non-hydrogen) atoms. The Labute approximate surface area is 173 Å². The van der Waals surface area contributed by atoms with Gasteiger partial charge in [0.05, 0.1) is 0 Å². The van der Waals surface area contributed by atoms with Crippen LogP contribution in [-0.4, -0.2) is 17.2 Å². The fraction of sp³-hybridized carbons (Fsp3) is 0.917. The molecule has 1 N–H and O–H groups in total. The van der Waals surface area contributed by atoms with Crippen molar-refractivity contribution in [3.8, 4) is 0 Å². The van der Waals surface area contributed by atoms with E-state index in [1.165, 1.54) is 116 Å². The maximum atomic E-state index is 10.4. The van der Waals surface area contributed by atoms with Gasteiger partial charge in [-0.3, -0.25) is 4.79 Å². The van der Waals surface area contributed by atoms with Gasteiger partial charge in [-0.05, 0) is 6.42 Å². The quantitative estimate of drug-likeness (QED) is 0.201. The molecule has 0 aromatic rings. The van der Waals surface area contributed by atoms with Gasteiger partial charge in [0.1, 0.15) is 0 Å². The van der Waals surface area contributed by atoms with Gasteiger partial charge in [-0.15, -0.1) is 0 Å². The molecule has 0 spiro atoms. The number of rotatable bonds is 21. The van der Waals surface area contributed by atoms with Gasteiger partial charge >= 0.3 is 12.1 Å². The molecule has 0 aromatic heterocycles. The number of carbonyl (C=O) groups excluding carboxylic acids is 2. The zero-order valence-electron chi connectivity index (χ0n) is 18.5. The van der Waals surface area contributed by atoms with E-state index >= 15 is 0 Å². The van der Waals surface area contributed by atoms with Gasteiger partial charge < -0.3 is 5.11 Å². The second-order valence-electron chi connectivity index (χ2n) is 7.94. The summed E-state index contributed by atoms with van der Waals surface area (Å²) in [7, 11) is 0. The molecule has 0 atom stereocenters. The summed E-state index contributed by atoms with van der Waals surface area (Å²) in [4.78, 5) is 26.6. The lowest BCUT2D eigenvalue weighted by atomic mass is 10.0. The van der Waals surface area contributed by atoms with Crippen LogP contribution in [0.25, 0.3) is 0 Å². The van der Waals surface area contributed by atoms with Crippen molar-refractivity contribution in [2.45, 2.75) is 142 Å². The fourth-order valence-electron chi connectivity index (χ4n) is 3.53. The number of aliphatic carboxylic acids is 1. The Balaban J connectivity index is 0. The predicted molar refractivity (Wildman–Crippen MR) is 115 cm³/mol. The number of unbranched alkanes of at least 4 members (excludes halogenated alkanes) is 19. The Bertz CT molecular complexity index is 335. The third-order valence-electron chi connectivity index (χ3n) is 5.24. The van der Waals surface area contributed by atoms with Crippen LogP contribution in [-0.2, 0) is 14.4 Å². The van der Waals surface area contributed by atoms with E-state index in [0.29, 0.717) is 6.42 Å². The molecule has 0 bridgehead atoms. The summed E-state index contributed by atoms with van der Waals surface area (Å²) in [5.74, 6) is -0.651. The lowest BCUT2D eigenvalue weighted by Gasteiger charge is -2.04. The van der Waals surface area contributed by atoms with Crippen LogP contribution in [0.15, 0.2) is 0 Å². The molecule has 0 saturated heterocycles. The Kier molecular flexibility index (Phi) is 29.1. The first-order valence-electron chi connectivity index (χ1n) is 11.9. The number of carboxylic acids is 1. The summed E-state index contributed by atoms with van der Waals surface area (Å²) in [5.41, 5.74) is 0. The smallest absolute Gasteiger partial charge is 0.373 e. The Morgan fingerprint density at radius 2 is 0.750 bits per heavy atom. The van der Waals surface area contributed by atoms with Crippen molar-refractivity contribution < 1.29 is 19.5 Å². The second-order valence-corrected chi connectivity index (χ2v) is 7.94. The van der Waals surface area contributed by atoms with E-state index in [-0.39, 0.29) is 6.15 Å². The molecular formula is C24H46O4. The van der Waals surface area contributed by atoms with Crippen LogP contribution in [0.1, 0.15) is 142 Å². The molecule has 166 valence electrons. The second kappa shape index (κ2) is 28.1. The van der Waals surface area contributed by atoms with E-state index < -0.39 is 5.97 Å². The van der Waals surface area contributed by atoms with E-state index in [0.717, 1.165) is 12.8 Å². The largest absolute Gasteiger partial charge is 0.481 e. The molecule has 0 amide bonds. The van der Waals surface area contributed by atoms with Crippen molar-refractivity contribution >= 4 is 12.1 Å². The summed E-state index contributed by atoms with van der Waals surface area (Å²) in [6, 6.07) is 0. The molecule has 0 aliphatic heterocycles. The highest BCUT2D eigenvalue weighted by Crippen LogP contribution is 2.14. The van der Waals surface area contributed by atoms with Crippen molar-refractivity contribution in [3.63, 3.8) is 0 Å². The molecular weight excluding hydrogens is 352 g/mol. The van der Waals surface area contributed by atoms with E-state index in [4.69, 9.17) is 14.7 Å². The lowest BCUT2D eigenvalue weighted by Crippen LogP contribution is -1.93. The van der Waals surface area contributed by atoms with Gasteiger partial charge in [-0.25, -0.2) is 0 Å². The first-order chi connectivity index (χ1) is 13.7. The minimum atomic E-state index is -0.651. The molecule has 4 heteroatoms. The van der Waals surface area contributed by atoms with Crippen LogP contribution in [0.2, 0.25) is 0 Å². The highest BCUT2D eigenvalue weighted by molar-refractivity contribution is 5.66. The van der Waals surface area contributed by atoms with Crippen LogP contribution < -0.4 is 0 Å². The number of carboxylic acid groups (broad SMARTS) is 1. The third kappa shape index (κ3) is 32.5. The highest BCUT2D eigenvalue weighted by Gasteiger charge is 1.97. The van der Waals surface area contributed by atoms with Crippen LogP contribution in [0.5, 0.6) is 0 Å². The van der Waals surface area contributed by atoms with Gasteiger partial charge in [0.2, 0.25) is 0 Å². The monoisotopic (exact) mass is 398 g/mol. The summed E-state index contributed by atoms with van der Waals surface area (Å²) in [5, 5.41) is 8.56. The molecule has 0 aliphatic carbocycles. The van der Waals surface area contributed by atoms with Crippen molar-refractivity contribution in [1.29, 1.82) is 0 Å². The van der Waals surface area contributed by atoms with Gasteiger partial charge in [0.25, 0.3) is 0 Å². The standard InChI is InChI=1S/C23H46O2.CO2/c1-2-3-4-5-6-7-8-9-10-11-12-13-14-15-16-17-18-19-20-21-22-23(24)25;2-1-3/h2-22H2,1H3,(H,24,25);. The SMILES string of the molecule is CCCCCCCCCCCCCCCCCCCCCCC(=O)O.O=C=O. The molecule has 0 aliphatic rings. The average molecular weight is 399 g/mol. The Morgan fingerprint density at radius 3 is 0.964 bits per heavy atom. The van der Waals surface area contributed by atoms with Crippen molar-refractivity contribution in [2.75, 3.05) is 0 Å². The number of hydrogen-bond donors (Lipinski definition) is 1. The fourth-order valence-corrected chi connectivity index (χ4v) is 3.53. The number of carbonyl (C=O) groups is 1.